The van der Waals surface area contributed by atoms with Crippen LogP contribution < -0.4 is 10.1 Å². The van der Waals surface area contributed by atoms with E-state index in [1.165, 1.54) is 4.52 Å². The molecule has 3 rings (SSSR count). The van der Waals surface area contributed by atoms with Crippen LogP contribution in [-0.4, -0.2) is 32.3 Å². The lowest BCUT2D eigenvalue weighted by molar-refractivity contribution is 0.102. The van der Waals surface area contributed by atoms with Crippen molar-refractivity contribution in [3.8, 4) is 18.0 Å². The minimum absolute atomic E-state index is 0.0155. The first-order valence-corrected chi connectivity index (χ1v) is 7.28. The number of benzene rings is 1. The molecule has 1 amide bonds. The number of nitrogens with one attached hydrogen (secondary N) is 1. The highest BCUT2D eigenvalue weighted by molar-refractivity contribution is 6.04. The van der Waals surface area contributed by atoms with Crippen molar-refractivity contribution in [1.82, 2.24) is 19.8 Å². The smallest absolute Gasteiger partial charge is 0.256 e. The highest BCUT2D eigenvalue weighted by atomic mass is 16.5. The van der Waals surface area contributed by atoms with Crippen molar-refractivity contribution < 1.29 is 9.53 Å². The van der Waals surface area contributed by atoms with Crippen LogP contribution in [0.1, 0.15) is 28.5 Å². The summed E-state index contributed by atoms with van der Waals surface area (Å²) in [6.45, 7) is 2.00. The third-order valence-corrected chi connectivity index (χ3v) is 3.27. The van der Waals surface area contributed by atoms with Crippen LogP contribution in [-0.2, 0) is 0 Å². The van der Waals surface area contributed by atoms with Gasteiger partial charge in [0.1, 0.15) is 17.7 Å². The van der Waals surface area contributed by atoms with Crippen LogP contribution >= 0.6 is 0 Å². The van der Waals surface area contributed by atoms with Crippen LogP contribution in [0.4, 0.5) is 5.82 Å². The van der Waals surface area contributed by atoms with Gasteiger partial charge in [-0.2, -0.15) is 15.0 Å². The van der Waals surface area contributed by atoms with Gasteiger partial charge in [0.15, 0.2) is 5.82 Å². The Bertz CT molecular complexity index is 1030. The van der Waals surface area contributed by atoms with E-state index in [0.29, 0.717) is 5.56 Å². The SMILES string of the molecule is CCOc1c(C#N)nnc2c(C#N)c(NC(=O)c3ccccc3)nn12. The molecular weight excluding hydrogens is 322 g/mol. The molecular formula is C16H11N7O2. The predicted octanol–water partition coefficient (Wildman–Crippen LogP) is 1.52. The number of hydrogen-bond acceptors (Lipinski definition) is 7. The van der Waals surface area contributed by atoms with Crippen LogP contribution in [0.2, 0.25) is 0 Å². The van der Waals surface area contributed by atoms with E-state index in [1.807, 2.05) is 12.1 Å². The molecule has 0 saturated carbocycles. The number of amides is 1. The van der Waals surface area contributed by atoms with Crippen LogP contribution in [0, 0.1) is 22.7 Å². The number of ether oxygens (including phenoxy) is 1. The fourth-order valence-electron chi connectivity index (χ4n) is 2.18. The number of nitriles is 2. The van der Waals surface area contributed by atoms with Gasteiger partial charge >= 0.3 is 0 Å². The van der Waals surface area contributed by atoms with Crippen molar-refractivity contribution in [3.05, 3.63) is 47.2 Å². The first kappa shape index (κ1) is 15.9. The molecule has 9 heteroatoms. The molecule has 3 aromatic rings. The van der Waals surface area contributed by atoms with Crippen molar-refractivity contribution in [2.24, 2.45) is 0 Å². The number of nitrogens with zero attached hydrogens (tertiary/aromatic N) is 6. The quantitative estimate of drug-likeness (QED) is 0.766. The van der Waals surface area contributed by atoms with Gasteiger partial charge in [-0.3, -0.25) is 4.79 Å². The van der Waals surface area contributed by atoms with Crippen molar-refractivity contribution in [3.63, 3.8) is 0 Å². The number of aromatic nitrogens is 4. The summed E-state index contributed by atoms with van der Waals surface area (Å²) in [6.07, 6.45) is 0. The zero-order valence-electron chi connectivity index (χ0n) is 13.1. The molecule has 0 bridgehead atoms. The normalized spacial score (nSPS) is 10.0. The lowest BCUT2D eigenvalue weighted by Gasteiger charge is -2.05. The molecule has 9 nitrogen and oxygen atoms in total. The monoisotopic (exact) mass is 333 g/mol. The summed E-state index contributed by atoms with van der Waals surface area (Å²) in [5.41, 5.74) is 0.468. The lowest BCUT2D eigenvalue weighted by atomic mass is 10.2. The summed E-state index contributed by atoms with van der Waals surface area (Å²) < 4.78 is 6.59. The minimum Gasteiger partial charge on any atom is -0.476 e. The maximum Gasteiger partial charge on any atom is 0.256 e. The van der Waals surface area contributed by atoms with E-state index in [2.05, 4.69) is 20.6 Å². The molecule has 0 atom stereocenters. The van der Waals surface area contributed by atoms with Crippen LogP contribution in [0.5, 0.6) is 5.88 Å². The van der Waals surface area contributed by atoms with Gasteiger partial charge in [0.25, 0.3) is 11.8 Å². The van der Waals surface area contributed by atoms with E-state index in [4.69, 9.17) is 10.00 Å². The molecule has 2 aromatic heterocycles. The highest BCUT2D eigenvalue weighted by Gasteiger charge is 2.22. The van der Waals surface area contributed by atoms with Crippen molar-refractivity contribution >= 4 is 17.4 Å². The summed E-state index contributed by atoms with van der Waals surface area (Å²) in [4.78, 5) is 12.3. The van der Waals surface area contributed by atoms with Crippen molar-refractivity contribution in [2.45, 2.75) is 6.92 Å². The predicted molar refractivity (Wildman–Crippen MR) is 85.8 cm³/mol. The lowest BCUT2D eigenvalue weighted by Crippen LogP contribution is -2.13. The summed E-state index contributed by atoms with van der Waals surface area (Å²) in [5.74, 6) is -0.347. The molecule has 25 heavy (non-hydrogen) atoms. The number of anilines is 1. The Morgan fingerprint density at radius 3 is 2.64 bits per heavy atom. The standard InChI is InChI=1S/C16H11N7O2/c1-2-25-16-12(9-18)20-21-14-11(8-17)13(22-23(14)16)19-15(24)10-6-4-3-5-7-10/h3-7H,2H2,1H3,(H,19,22,24). The summed E-state index contributed by atoms with van der Waals surface area (Å²) in [6, 6.07) is 12.3. The average Bonchev–Trinajstić information content (AvgIpc) is 3.00. The summed E-state index contributed by atoms with van der Waals surface area (Å²) >= 11 is 0. The molecule has 1 aromatic carbocycles. The number of hydrogen-bond donors (Lipinski definition) is 1. The van der Waals surface area contributed by atoms with E-state index in [-0.39, 0.29) is 35.2 Å². The molecule has 0 unspecified atom stereocenters. The molecule has 0 aliphatic carbocycles. The van der Waals surface area contributed by atoms with E-state index >= 15 is 0 Å². The molecule has 0 aliphatic rings. The van der Waals surface area contributed by atoms with E-state index in [0.717, 1.165) is 0 Å². The molecule has 0 radical (unpaired) electrons. The fraction of sp³-hybridized carbons (Fsp3) is 0.125. The Labute approximate surface area is 142 Å². The Morgan fingerprint density at radius 2 is 2.00 bits per heavy atom. The zero-order chi connectivity index (χ0) is 17.8. The van der Waals surface area contributed by atoms with E-state index in [1.54, 1.807) is 37.3 Å². The minimum atomic E-state index is -0.424. The molecule has 0 spiro atoms. The number of fused-ring (bicyclic) bond motifs is 1. The third-order valence-electron chi connectivity index (χ3n) is 3.27. The van der Waals surface area contributed by atoms with Crippen molar-refractivity contribution in [1.29, 1.82) is 10.5 Å². The Balaban J connectivity index is 2.10. The molecule has 0 fully saturated rings. The van der Waals surface area contributed by atoms with Gasteiger partial charge in [0, 0.05) is 5.56 Å². The topological polar surface area (TPSA) is 129 Å². The van der Waals surface area contributed by atoms with Crippen molar-refractivity contribution in [2.75, 3.05) is 11.9 Å². The number of carbonyl (C=O) groups is 1. The Kier molecular flexibility index (Phi) is 4.22. The third kappa shape index (κ3) is 2.82. The maximum atomic E-state index is 12.3. The zero-order valence-corrected chi connectivity index (χ0v) is 13.1. The molecule has 2 heterocycles. The second kappa shape index (κ2) is 6.64. The molecule has 1 N–H and O–H groups in total. The Hall–Kier alpha value is -3.98. The average molecular weight is 333 g/mol. The van der Waals surface area contributed by atoms with Crippen LogP contribution in [0.15, 0.2) is 30.3 Å². The molecule has 122 valence electrons. The van der Waals surface area contributed by atoms with Gasteiger partial charge in [-0.15, -0.1) is 15.3 Å². The van der Waals surface area contributed by atoms with Crippen LogP contribution in [0.25, 0.3) is 5.65 Å². The number of carbonyl (C=O) groups excluding carboxylic acids is 1. The first-order chi connectivity index (χ1) is 12.2. The number of rotatable bonds is 4. The fourth-order valence-corrected chi connectivity index (χ4v) is 2.18. The second-order valence-electron chi connectivity index (χ2n) is 4.79. The van der Waals surface area contributed by atoms with Gasteiger partial charge in [-0.05, 0) is 19.1 Å². The van der Waals surface area contributed by atoms with Gasteiger partial charge in [0.2, 0.25) is 11.3 Å². The first-order valence-electron chi connectivity index (χ1n) is 7.28. The van der Waals surface area contributed by atoms with Crippen LogP contribution in [0.3, 0.4) is 0 Å². The summed E-state index contributed by atoms with van der Waals surface area (Å²) in [7, 11) is 0. The molecule has 0 aliphatic heterocycles. The second-order valence-corrected chi connectivity index (χ2v) is 4.79. The van der Waals surface area contributed by atoms with E-state index in [9.17, 15) is 10.1 Å². The van der Waals surface area contributed by atoms with Gasteiger partial charge in [-0.1, -0.05) is 18.2 Å². The van der Waals surface area contributed by atoms with Gasteiger partial charge in [-0.25, -0.2) is 0 Å². The van der Waals surface area contributed by atoms with Gasteiger partial charge in [0.05, 0.1) is 6.61 Å². The Morgan fingerprint density at radius 1 is 1.24 bits per heavy atom. The largest absolute Gasteiger partial charge is 0.476 e. The summed E-state index contributed by atoms with van der Waals surface area (Å²) in [5, 5.41) is 32.8. The maximum absolute atomic E-state index is 12.3. The molecule has 0 saturated heterocycles. The van der Waals surface area contributed by atoms with E-state index < -0.39 is 5.91 Å². The highest BCUT2D eigenvalue weighted by Crippen LogP contribution is 2.24. The van der Waals surface area contributed by atoms with Gasteiger partial charge < -0.3 is 10.1 Å².